The number of rotatable bonds is 4. The zero-order valence-corrected chi connectivity index (χ0v) is 12.3. The van der Waals surface area contributed by atoms with Crippen molar-refractivity contribution in [2.75, 3.05) is 5.32 Å². The van der Waals surface area contributed by atoms with Crippen molar-refractivity contribution >= 4 is 11.5 Å². The van der Waals surface area contributed by atoms with Crippen LogP contribution in [0, 0.1) is 0 Å². The summed E-state index contributed by atoms with van der Waals surface area (Å²) in [5.41, 5.74) is 2.80. The predicted octanol–water partition coefficient (Wildman–Crippen LogP) is 2.80. The van der Waals surface area contributed by atoms with E-state index in [1.54, 1.807) is 10.7 Å². The van der Waals surface area contributed by atoms with Crippen molar-refractivity contribution in [1.82, 2.24) is 24.8 Å². The van der Waals surface area contributed by atoms with Crippen molar-refractivity contribution < 1.29 is 0 Å². The van der Waals surface area contributed by atoms with Crippen molar-refractivity contribution in [3.8, 4) is 11.4 Å². The second-order valence-electron chi connectivity index (χ2n) is 5.09. The predicted molar refractivity (Wildman–Crippen MR) is 87.8 cm³/mol. The maximum atomic E-state index is 4.59. The number of nitrogens with one attached hydrogen (secondary N) is 1. The lowest BCUT2D eigenvalue weighted by atomic mass is 10.2. The Morgan fingerprint density at radius 1 is 0.913 bits per heavy atom. The molecule has 0 aliphatic rings. The largest absolute Gasteiger partial charge is 0.364 e. The van der Waals surface area contributed by atoms with Crippen LogP contribution in [-0.2, 0) is 6.54 Å². The molecule has 6 heteroatoms. The number of benzene rings is 1. The van der Waals surface area contributed by atoms with Crippen LogP contribution in [0.1, 0.15) is 5.56 Å². The Balaban J connectivity index is 1.65. The summed E-state index contributed by atoms with van der Waals surface area (Å²) in [5, 5.41) is 16.3. The van der Waals surface area contributed by atoms with Gasteiger partial charge in [0.05, 0.1) is 0 Å². The highest BCUT2D eigenvalue weighted by atomic mass is 15.4. The molecule has 112 valence electrons. The van der Waals surface area contributed by atoms with E-state index in [4.69, 9.17) is 0 Å². The second kappa shape index (κ2) is 5.84. The number of fused-ring (bicyclic) bond motifs is 1. The molecule has 1 N–H and O–H groups in total. The summed E-state index contributed by atoms with van der Waals surface area (Å²) < 4.78 is 1.75. The maximum Gasteiger partial charge on any atom is 0.185 e. The molecule has 3 aromatic heterocycles. The van der Waals surface area contributed by atoms with E-state index >= 15 is 0 Å². The van der Waals surface area contributed by atoms with Gasteiger partial charge in [-0.05, 0) is 23.8 Å². The van der Waals surface area contributed by atoms with E-state index < -0.39 is 0 Å². The maximum absolute atomic E-state index is 4.59. The Kier molecular flexibility index (Phi) is 3.40. The number of anilines is 1. The topological polar surface area (TPSA) is 68.0 Å². The van der Waals surface area contributed by atoms with Crippen LogP contribution >= 0.6 is 0 Å². The lowest BCUT2D eigenvalue weighted by Crippen LogP contribution is -2.04. The van der Waals surface area contributed by atoms with Gasteiger partial charge in [-0.1, -0.05) is 36.4 Å². The van der Waals surface area contributed by atoms with Crippen LogP contribution in [-0.4, -0.2) is 24.8 Å². The molecule has 0 aliphatic heterocycles. The molecule has 0 saturated heterocycles. The van der Waals surface area contributed by atoms with Crippen LogP contribution in [0.2, 0.25) is 0 Å². The lowest BCUT2D eigenvalue weighted by Gasteiger charge is -2.06. The molecular weight excluding hydrogens is 288 g/mol. The number of nitrogens with zero attached hydrogens (tertiary/aromatic N) is 5. The molecule has 1 aromatic carbocycles. The molecule has 0 bridgehead atoms. The van der Waals surface area contributed by atoms with Gasteiger partial charge in [0.1, 0.15) is 5.82 Å². The van der Waals surface area contributed by atoms with Crippen molar-refractivity contribution in [2.24, 2.45) is 0 Å². The van der Waals surface area contributed by atoms with Crippen LogP contribution < -0.4 is 5.32 Å². The fourth-order valence-corrected chi connectivity index (χ4v) is 2.35. The number of aromatic nitrogens is 5. The van der Waals surface area contributed by atoms with Gasteiger partial charge in [0.15, 0.2) is 11.5 Å². The highest BCUT2D eigenvalue weighted by Crippen LogP contribution is 2.18. The van der Waals surface area contributed by atoms with Crippen molar-refractivity contribution in [1.29, 1.82) is 0 Å². The second-order valence-corrected chi connectivity index (χ2v) is 5.09. The van der Waals surface area contributed by atoms with Crippen LogP contribution in [0.3, 0.4) is 0 Å². The number of pyridine rings is 1. The summed E-state index contributed by atoms with van der Waals surface area (Å²) in [6.45, 7) is 0.662. The molecule has 0 saturated carbocycles. The molecule has 0 aliphatic carbocycles. The first-order chi connectivity index (χ1) is 11.4. The van der Waals surface area contributed by atoms with Crippen molar-refractivity contribution in [3.63, 3.8) is 0 Å². The summed E-state index contributed by atoms with van der Waals surface area (Å²) in [5.74, 6) is 1.49. The third kappa shape index (κ3) is 2.74. The molecule has 0 radical (unpaired) electrons. The van der Waals surface area contributed by atoms with E-state index in [9.17, 15) is 0 Å². The first-order valence-corrected chi connectivity index (χ1v) is 7.31. The van der Waals surface area contributed by atoms with Gasteiger partial charge < -0.3 is 5.32 Å². The van der Waals surface area contributed by atoms with Gasteiger partial charge >= 0.3 is 0 Å². The highest BCUT2D eigenvalue weighted by Gasteiger charge is 2.09. The summed E-state index contributed by atoms with van der Waals surface area (Å²) in [6.07, 6.45) is 3.59. The Morgan fingerprint density at radius 3 is 2.65 bits per heavy atom. The van der Waals surface area contributed by atoms with Crippen molar-refractivity contribution in [2.45, 2.75) is 6.54 Å². The molecular formula is C17H14N6. The van der Waals surface area contributed by atoms with Gasteiger partial charge in [-0.2, -0.15) is 4.52 Å². The van der Waals surface area contributed by atoms with Gasteiger partial charge in [-0.25, -0.2) is 0 Å². The molecule has 0 fully saturated rings. The summed E-state index contributed by atoms with van der Waals surface area (Å²) in [4.78, 5) is 4.11. The molecule has 0 spiro atoms. The van der Waals surface area contributed by atoms with E-state index in [0.29, 0.717) is 6.54 Å². The van der Waals surface area contributed by atoms with Crippen molar-refractivity contribution in [3.05, 3.63) is 72.6 Å². The fourth-order valence-electron chi connectivity index (χ4n) is 2.35. The average molecular weight is 302 g/mol. The Labute approximate surface area is 132 Å². The molecule has 0 unspecified atom stereocenters. The van der Waals surface area contributed by atoms with Gasteiger partial charge in [-0.15, -0.1) is 15.3 Å². The zero-order chi connectivity index (χ0) is 15.5. The van der Waals surface area contributed by atoms with Gasteiger partial charge in [-0.3, -0.25) is 4.98 Å². The molecule has 4 rings (SSSR count). The Morgan fingerprint density at radius 2 is 1.83 bits per heavy atom. The van der Waals surface area contributed by atoms with Crippen LogP contribution in [0.4, 0.5) is 5.82 Å². The minimum absolute atomic E-state index is 0.662. The first kappa shape index (κ1) is 13.4. The van der Waals surface area contributed by atoms with Crippen LogP contribution in [0.5, 0.6) is 0 Å². The smallest absolute Gasteiger partial charge is 0.185 e. The summed E-state index contributed by atoms with van der Waals surface area (Å²) in [7, 11) is 0. The zero-order valence-electron chi connectivity index (χ0n) is 12.3. The third-order valence-electron chi connectivity index (χ3n) is 3.49. The molecule has 6 nitrogen and oxygen atoms in total. The standard InChI is InChI=1S/C17H14N6/c1-2-6-14(7-3-1)17-21-20-16-9-8-15(22-23(16)17)19-12-13-5-4-10-18-11-13/h1-11H,12H2,(H,19,22). The van der Waals surface area contributed by atoms with E-state index in [2.05, 4.69) is 25.6 Å². The molecule has 0 atom stereocenters. The van der Waals surface area contributed by atoms with Gasteiger partial charge in [0.2, 0.25) is 0 Å². The molecule has 0 amide bonds. The fraction of sp³-hybridized carbons (Fsp3) is 0.0588. The monoisotopic (exact) mass is 302 g/mol. The minimum atomic E-state index is 0.662. The van der Waals surface area contributed by atoms with E-state index in [1.807, 2.05) is 60.8 Å². The van der Waals surface area contributed by atoms with E-state index in [-0.39, 0.29) is 0 Å². The molecule has 3 heterocycles. The third-order valence-corrected chi connectivity index (χ3v) is 3.49. The lowest BCUT2D eigenvalue weighted by molar-refractivity contribution is 0.924. The highest BCUT2D eigenvalue weighted by molar-refractivity contribution is 5.59. The molecule has 4 aromatic rings. The quantitative estimate of drug-likeness (QED) is 0.628. The van der Waals surface area contributed by atoms with E-state index in [1.165, 1.54) is 0 Å². The normalized spacial score (nSPS) is 10.8. The van der Waals surface area contributed by atoms with Crippen LogP contribution in [0.25, 0.3) is 17.0 Å². The Hall–Kier alpha value is -3.28. The van der Waals surface area contributed by atoms with Gasteiger partial charge in [0, 0.05) is 24.5 Å². The average Bonchev–Trinajstić information content (AvgIpc) is 3.05. The molecule has 23 heavy (non-hydrogen) atoms. The SMILES string of the molecule is c1ccc(-c2nnc3ccc(NCc4cccnc4)nn23)cc1. The summed E-state index contributed by atoms with van der Waals surface area (Å²) >= 11 is 0. The van der Waals surface area contributed by atoms with Gasteiger partial charge in [0.25, 0.3) is 0 Å². The minimum Gasteiger partial charge on any atom is -0.364 e. The van der Waals surface area contributed by atoms with E-state index in [0.717, 1.165) is 28.4 Å². The Bertz CT molecular complexity index is 918. The number of hydrogen-bond donors (Lipinski definition) is 1. The first-order valence-electron chi connectivity index (χ1n) is 7.31. The van der Waals surface area contributed by atoms with Crippen LogP contribution in [0.15, 0.2) is 67.0 Å². The summed E-state index contributed by atoms with van der Waals surface area (Å²) in [6, 6.07) is 17.6. The number of hydrogen-bond acceptors (Lipinski definition) is 5.